The number of hydrogen-bond acceptors (Lipinski definition) is 3. The average molecular weight is 290 g/mol. The molecule has 1 rings (SSSR count). The van der Waals surface area contributed by atoms with Crippen LogP contribution in [0, 0.1) is 6.92 Å². The van der Waals surface area contributed by atoms with E-state index in [1.54, 1.807) is 0 Å². The van der Waals surface area contributed by atoms with Crippen molar-refractivity contribution in [3.63, 3.8) is 0 Å². The first kappa shape index (κ1) is 13.7. The van der Waals surface area contributed by atoms with Crippen LogP contribution in [0.2, 0.25) is 0 Å². The van der Waals surface area contributed by atoms with Gasteiger partial charge in [0.05, 0.1) is 21.5 Å². The third-order valence-corrected chi connectivity index (χ3v) is 3.59. The number of rotatable bonds is 5. The predicted octanol–water partition coefficient (Wildman–Crippen LogP) is 1.49. The summed E-state index contributed by atoms with van der Waals surface area (Å²) in [6.07, 6.45) is 0.586. The van der Waals surface area contributed by atoms with Crippen molar-refractivity contribution >= 4 is 15.9 Å². The summed E-state index contributed by atoms with van der Waals surface area (Å²) in [5.41, 5.74) is 1.27. The number of nitrogens with one attached hydrogen (secondary N) is 1. The quantitative estimate of drug-likeness (QED) is 0.864. The molecule has 0 radical (unpaired) electrons. The van der Waals surface area contributed by atoms with Gasteiger partial charge in [-0.05, 0) is 43.7 Å². The van der Waals surface area contributed by atoms with Crippen LogP contribution in [0.3, 0.4) is 0 Å². The maximum absolute atomic E-state index is 10.2. The van der Waals surface area contributed by atoms with E-state index in [4.69, 9.17) is 0 Å². The molecule has 2 N–H and O–H groups in total. The SMILES string of the molecule is CCn1nc(C)c(Br)c1CC(C)(O)CNC. The molecule has 1 heterocycles. The largest absolute Gasteiger partial charge is 0.388 e. The van der Waals surface area contributed by atoms with Gasteiger partial charge in [0.1, 0.15) is 0 Å². The Hall–Kier alpha value is -0.390. The lowest BCUT2D eigenvalue weighted by Gasteiger charge is -2.23. The first-order chi connectivity index (χ1) is 7.41. The summed E-state index contributed by atoms with van der Waals surface area (Å²) in [5.74, 6) is 0. The number of hydrogen-bond donors (Lipinski definition) is 2. The van der Waals surface area contributed by atoms with Crippen LogP contribution in [0.15, 0.2) is 4.47 Å². The summed E-state index contributed by atoms with van der Waals surface area (Å²) >= 11 is 3.53. The topological polar surface area (TPSA) is 50.1 Å². The molecule has 1 aromatic heterocycles. The van der Waals surface area contributed by atoms with Crippen LogP contribution in [0.1, 0.15) is 25.2 Å². The minimum atomic E-state index is -0.753. The van der Waals surface area contributed by atoms with Crippen LogP contribution in [-0.4, -0.2) is 34.1 Å². The molecule has 5 heteroatoms. The summed E-state index contributed by atoms with van der Waals surface area (Å²) < 4.78 is 2.94. The molecule has 0 fully saturated rings. The van der Waals surface area contributed by atoms with Gasteiger partial charge < -0.3 is 10.4 Å². The lowest BCUT2D eigenvalue weighted by molar-refractivity contribution is 0.0599. The second-order valence-corrected chi connectivity index (χ2v) is 5.16. The van der Waals surface area contributed by atoms with Gasteiger partial charge >= 0.3 is 0 Å². The molecule has 0 aliphatic heterocycles. The fraction of sp³-hybridized carbons (Fsp3) is 0.727. The molecule has 0 amide bonds. The Bertz CT molecular complexity index is 360. The Kier molecular flexibility index (Phi) is 4.52. The van der Waals surface area contributed by atoms with Crippen molar-refractivity contribution in [2.45, 2.75) is 39.3 Å². The lowest BCUT2D eigenvalue weighted by atomic mass is 10.00. The highest BCUT2D eigenvalue weighted by molar-refractivity contribution is 9.10. The van der Waals surface area contributed by atoms with Crippen molar-refractivity contribution < 1.29 is 5.11 Å². The summed E-state index contributed by atoms with van der Waals surface area (Å²) in [4.78, 5) is 0. The number of aliphatic hydroxyl groups is 1. The van der Waals surface area contributed by atoms with Gasteiger partial charge in [-0.15, -0.1) is 0 Å². The van der Waals surface area contributed by atoms with E-state index in [0.717, 1.165) is 22.4 Å². The zero-order valence-corrected chi connectivity index (χ0v) is 11.9. The van der Waals surface area contributed by atoms with Crippen molar-refractivity contribution in [2.75, 3.05) is 13.6 Å². The molecule has 0 aliphatic rings. The molecule has 0 spiro atoms. The van der Waals surface area contributed by atoms with Gasteiger partial charge in [-0.25, -0.2) is 0 Å². The highest BCUT2D eigenvalue weighted by Gasteiger charge is 2.24. The molecule has 0 saturated carbocycles. The van der Waals surface area contributed by atoms with E-state index in [9.17, 15) is 5.11 Å². The molecule has 16 heavy (non-hydrogen) atoms. The smallest absolute Gasteiger partial charge is 0.0798 e. The van der Waals surface area contributed by atoms with E-state index in [0.29, 0.717) is 13.0 Å². The number of nitrogens with zero attached hydrogens (tertiary/aromatic N) is 2. The zero-order chi connectivity index (χ0) is 12.3. The number of aryl methyl sites for hydroxylation is 2. The number of likely N-dealkylation sites (N-methyl/N-ethyl adjacent to an activating group) is 1. The van der Waals surface area contributed by atoms with Crippen molar-refractivity contribution in [3.05, 3.63) is 15.9 Å². The highest BCUT2D eigenvalue weighted by Crippen LogP contribution is 2.24. The fourth-order valence-electron chi connectivity index (χ4n) is 1.84. The predicted molar refractivity (Wildman–Crippen MR) is 68.6 cm³/mol. The van der Waals surface area contributed by atoms with Crippen molar-refractivity contribution in [3.8, 4) is 0 Å². The van der Waals surface area contributed by atoms with Crippen LogP contribution < -0.4 is 5.32 Å². The Labute approximate surface area is 105 Å². The van der Waals surface area contributed by atoms with E-state index >= 15 is 0 Å². The van der Waals surface area contributed by atoms with E-state index in [1.807, 2.05) is 25.6 Å². The summed E-state index contributed by atoms with van der Waals surface area (Å²) in [6.45, 7) is 7.23. The Morgan fingerprint density at radius 1 is 1.56 bits per heavy atom. The van der Waals surface area contributed by atoms with Gasteiger partial charge in [-0.3, -0.25) is 4.68 Å². The fourth-order valence-corrected chi connectivity index (χ4v) is 2.27. The maximum Gasteiger partial charge on any atom is 0.0798 e. The van der Waals surface area contributed by atoms with Crippen LogP contribution in [0.5, 0.6) is 0 Å². The number of aromatic nitrogens is 2. The van der Waals surface area contributed by atoms with Gasteiger partial charge in [0.2, 0.25) is 0 Å². The van der Waals surface area contributed by atoms with Gasteiger partial charge in [-0.1, -0.05) is 0 Å². The molecule has 0 bridgehead atoms. The van der Waals surface area contributed by atoms with Crippen LogP contribution >= 0.6 is 15.9 Å². The average Bonchev–Trinajstić information content (AvgIpc) is 2.45. The van der Waals surface area contributed by atoms with Crippen molar-refractivity contribution in [2.24, 2.45) is 0 Å². The van der Waals surface area contributed by atoms with Crippen molar-refractivity contribution in [1.29, 1.82) is 0 Å². The van der Waals surface area contributed by atoms with Crippen LogP contribution in [0.25, 0.3) is 0 Å². The summed E-state index contributed by atoms with van der Waals surface area (Å²) in [5, 5.41) is 17.6. The molecular weight excluding hydrogens is 270 g/mol. The minimum absolute atomic E-state index is 0.563. The van der Waals surface area contributed by atoms with Gasteiger partial charge in [-0.2, -0.15) is 5.10 Å². The first-order valence-corrected chi connectivity index (χ1v) is 6.29. The maximum atomic E-state index is 10.2. The molecule has 1 atom stereocenters. The summed E-state index contributed by atoms with van der Waals surface area (Å²) in [7, 11) is 1.84. The highest BCUT2D eigenvalue weighted by atomic mass is 79.9. The van der Waals surface area contributed by atoms with E-state index in [-0.39, 0.29) is 0 Å². The molecule has 1 unspecified atom stereocenters. The number of halogens is 1. The molecular formula is C11H20BrN3O. The Balaban J connectivity index is 2.95. The molecule has 0 aromatic carbocycles. The van der Waals surface area contributed by atoms with Gasteiger partial charge in [0.15, 0.2) is 0 Å². The molecule has 4 nitrogen and oxygen atoms in total. The Morgan fingerprint density at radius 3 is 2.69 bits per heavy atom. The van der Waals surface area contributed by atoms with Crippen LogP contribution in [-0.2, 0) is 13.0 Å². The standard InChI is InChI=1S/C11H20BrN3O/c1-5-15-9(10(12)8(2)14-15)6-11(3,16)7-13-4/h13,16H,5-7H2,1-4H3. The van der Waals surface area contributed by atoms with E-state index in [1.165, 1.54) is 0 Å². The third-order valence-electron chi connectivity index (χ3n) is 2.56. The molecule has 0 saturated heterocycles. The Morgan fingerprint density at radius 2 is 2.19 bits per heavy atom. The van der Waals surface area contributed by atoms with Gasteiger partial charge in [0.25, 0.3) is 0 Å². The molecule has 92 valence electrons. The zero-order valence-electron chi connectivity index (χ0n) is 10.3. The first-order valence-electron chi connectivity index (χ1n) is 5.50. The lowest BCUT2D eigenvalue weighted by Crippen LogP contribution is -2.38. The monoisotopic (exact) mass is 289 g/mol. The van der Waals surface area contributed by atoms with Crippen molar-refractivity contribution in [1.82, 2.24) is 15.1 Å². The van der Waals surface area contributed by atoms with E-state index in [2.05, 4.69) is 33.3 Å². The van der Waals surface area contributed by atoms with E-state index < -0.39 is 5.60 Å². The third kappa shape index (κ3) is 3.06. The minimum Gasteiger partial charge on any atom is -0.388 e. The molecule has 1 aromatic rings. The molecule has 0 aliphatic carbocycles. The normalized spacial score (nSPS) is 15.1. The van der Waals surface area contributed by atoms with Gasteiger partial charge in [0, 0.05) is 19.5 Å². The van der Waals surface area contributed by atoms with Crippen LogP contribution in [0.4, 0.5) is 0 Å². The second-order valence-electron chi connectivity index (χ2n) is 4.37. The second kappa shape index (κ2) is 5.29. The summed E-state index contributed by atoms with van der Waals surface area (Å²) in [6, 6.07) is 0.